The van der Waals surface area contributed by atoms with E-state index in [1.165, 1.54) is 6.07 Å². The highest BCUT2D eigenvalue weighted by molar-refractivity contribution is 7.89. The molecule has 7 heteroatoms. The molecule has 19 heavy (non-hydrogen) atoms. The van der Waals surface area contributed by atoms with Gasteiger partial charge in [0.1, 0.15) is 5.75 Å². The summed E-state index contributed by atoms with van der Waals surface area (Å²) in [5.41, 5.74) is 6.07. The van der Waals surface area contributed by atoms with E-state index in [4.69, 9.17) is 10.5 Å². The molecule has 3 N–H and O–H groups in total. The van der Waals surface area contributed by atoms with E-state index in [9.17, 15) is 8.42 Å². The number of sulfonamides is 1. The van der Waals surface area contributed by atoms with E-state index >= 15 is 0 Å². The fourth-order valence-corrected chi connectivity index (χ4v) is 2.58. The van der Waals surface area contributed by atoms with Crippen molar-refractivity contribution in [1.82, 2.24) is 4.72 Å². The third kappa shape index (κ3) is 5.36. The van der Waals surface area contributed by atoms with Crippen LogP contribution in [-0.2, 0) is 10.0 Å². The summed E-state index contributed by atoms with van der Waals surface area (Å²) < 4.78 is 31.7. The maximum absolute atomic E-state index is 11.9. The number of aryl methyl sites for hydroxylation is 1. The van der Waals surface area contributed by atoms with E-state index in [1.807, 2.05) is 20.8 Å². The van der Waals surface area contributed by atoms with Gasteiger partial charge in [-0.15, -0.1) is 12.4 Å². The zero-order chi connectivity index (χ0) is 13.8. The summed E-state index contributed by atoms with van der Waals surface area (Å²) in [6.45, 7) is 6.16. The van der Waals surface area contributed by atoms with Gasteiger partial charge < -0.3 is 10.5 Å². The third-order valence-corrected chi connectivity index (χ3v) is 3.71. The smallest absolute Gasteiger partial charge is 0.240 e. The second-order valence-electron chi connectivity index (χ2n) is 4.28. The van der Waals surface area contributed by atoms with Crippen LogP contribution in [0.15, 0.2) is 23.1 Å². The van der Waals surface area contributed by atoms with Crippen LogP contribution < -0.4 is 15.2 Å². The molecule has 110 valence electrons. The molecule has 0 saturated heterocycles. The van der Waals surface area contributed by atoms with Crippen LogP contribution >= 0.6 is 12.4 Å². The average molecular weight is 309 g/mol. The van der Waals surface area contributed by atoms with Gasteiger partial charge in [-0.3, -0.25) is 0 Å². The van der Waals surface area contributed by atoms with E-state index in [-0.39, 0.29) is 36.5 Å². The van der Waals surface area contributed by atoms with Crippen LogP contribution in [-0.4, -0.2) is 27.6 Å². The van der Waals surface area contributed by atoms with Crippen molar-refractivity contribution in [1.29, 1.82) is 0 Å². The monoisotopic (exact) mass is 308 g/mol. The highest BCUT2D eigenvalue weighted by atomic mass is 35.5. The highest BCUT2D eigenvalue weighted by Gasteiger charge is 2.14. The molecule has 1 aromatic rings. The van der Waals surface area contributed by atoms with Crippen LogP contribution in [0.2, 0.25) is 0 Å². The number of nitrogens with one attached hydrogen (secondary N) is 1. The summed E-state index contributed by atoms with van der Waals surface area (Å²) in [6, 6.07) is 4.80. The van der Waals surface area contributed by atoms with Crippen molar-refractivity contribution >= 4 is 22.4 Å². The van der Waals surface area contributed by atoms with Gasteiger partial charge >= 0.3 is 0 Å². The third-order valence-electron chi connectivity index (χ3n) is 2.26. The largest absolute Gasteiger partial charge is 0.491 e. The molecule has 0 saturated carbocycles. The molecule has 0 atom stereocenters. The van der Waals surface area contributed by atoms with E-state index < -0.39 is 10.0 Å². The first kappa shape index (κ1) is 18.2. The van der Waals surface area contributed by atoms with Crippen LogP contribution in [0.4, 0.5) is 0 Å². The molecule has 0 heterocycles. The molecule has 0 spiro atoms. The van der Waals surface area contributed by atoms with Crippen LogP contribution in [0.25, 0.3) is 0 Å². The highest BCUT2D eigenvalue weighted by Crippen LogP contribution is 2.22. The van der Waals surface area contributed by atoms with Crippen molar-refractivity contribution in [2.75, 3.05) is 13.1 Å². The molecule has 0 aromatic heterocycles. The van der Waals surface area contributed by atoms with Crippen molar-refractivity contribution in [2.24, 2.45) is 5.73 Å². The Morgan fingerprint density at radius 3 is 2.47 bits per heavy atom. The number of benzene rings is 1. The van der Waals surface area contributed by atoms with Crippen molar-refractivity contribution < 1.29 is 13.2 Å². The molecule has 1 aromatic carbocycles. The quantitative estimate of drug-likeness (QED) is 0.833. The first-order chi connectivity index (χ1) is 8.36. The molecule has 0 bridgehead atoms. The molecule has 0 radical (unpaired) electrons. The summed E-state index contributed by atoms with van der Waals surface area (Å²) >= 11 is 0. The molecule has 0 aliphatic carbocycles. The number of hydrogen-bond donors (Lipinski definition) is 2. The number of ether oxygens (including phenoxy) is 1. The summed E-state index contributed by atoms with van der Waals surface area (Å²) in [5.74, 6) is 0.697. The van der Waals surface area contributed by atoms with Crippen LogP contribution in [0.5, 0.6) is 5.75 Å². The van der Waals surface area contributed by atoms with E-state index in [1.54, 1.807) is 12.1 Å². The fourth-order valence-electron chi connectivity index (χ4n) is 1.45. The van der Waals surface area contributed by atoms with Gasteiger partial charge in [-0.1, -0.05) is 0 Å². The number of nitrogens with two attached hydrogens (primary N) is 1. The Hall–Kier alpha value is -0.820. The normalized spacial score (nSPS) is 11.2. The summed E-state index contributed by atoms with van der Waals surface area (Å²) in [5, 5.41) is 0. The van der Waals surface area contributed by atoms with E-state index in [0.717, 1.165) is 5.56 Å². The SMILES string of the molecule is Cc1cc(S(=O)(=O)NCCN)ccc1OC(C)C.Cl. The van der Waals surface area contributed by atoms with Crippen molar-refractivity contribution in [3.05, 3.63) is 23.8 Å². The Morgan fingerprint density at radius 2 is 2.00 bits per heavy atom. The molecule has 5 nitrogen and oxygen atoms in total. The molecule has 0 fully saturated rings. The summed E-state index contributed by atoms with van der Waals surface area (Å²) in [6.07, 6.45) is 0.0570. The number of halogens is 1. The minimum atomic E-state index is -3.48. The first-order valence-corrected chi connectivity index (χ1v) is 7.32. The summed E-state index contributed by atoms with van der Waals surface area (Å²) in [4.78, 5) is 0.226. The van der Waals surface area contributed by atoms with Crippen LogP contribution in [0, 0.1) is 6.92 Å². The zero-order valence-electron chi connectivity index (χ0n) is 11.3. The predicted molar refractivity (Wildman–Crippen MR) is 78.4 cm³/mol. The first-order valence-electron chi connectivity index (χ1n) is 5.84. The van der Waals surface area contributed by atoms with Gasteiger partial charge in [0.15, 0.2) is 0 Å². The lowest BCUT2D eigenvalue weighted by molar-refractivity contribution is 0.240. The van der Waals surface area contributed by atoms with Gasteiger partial charge in [-0.25, -0.2) is 13.1 Å². The average Bonchev–Trinajstić information content (AvgIpc) is 2.28. The molecule has 1 rings (SSSR count). The Kier molecular flexibility index (Phi) is 7.36. The van der Waals surface area contributed by atoms with E-state index in [0.29, 0.717) is 5.75 Å². The number of hydrogen-bond acceptors (Lipinski definition) is 4. The Morgan fingerprint density at radius 1 is 1.37 bits per heavy atom. The Balaban J connectivity index is 0.00000324. The van der Waals surface area contributed by atoms with Gasteiger partial charge in [0.25, 0.3) is 0 Å². The predicted octanol–water partition coefficient (Wildman–Crippen LogP) is 1.44. The minimum Gasteiger partial charge on any atom is -0.491 e. The van der Waals surface area contributed by atoms with Gasteiger partial charge in [0, 0.05) is 13.1 Å². The van der Waals surface area contributed by atoms with E-state index in [2.05, 4.69) is 4.72 Å². The van der Waals surface area contributed by atoms with Gasteiger partial charge in [0.05, 0.1) is 11.0 Å². The molecular formula is C12H21ClN2O3S. The minimum absolute atomic E-state index is 0. The Bertz CT molecular complexity index is 504. The van der Waals surface area contributed by atoms with Gasteiger partial charge in [-0.05, 0) is 44.5 Å². The van der Waals surface area contributed by atoms with Crippen molar-refractivity contribution in [3.8, 4) is 5.75 Å². The maximum atomic E-state index is 11.9. The summed E-state index contributed by atoms with van der Waals surface area (Å²) in [7, 11) is -3.48. The second kappa shape index (κ2) is 7.69. The van der Waals surface area contributed by atoms with Crippen molar-refractivity contribution in [2.45, 2.75) is 31.8 Å². The molecule has 0 amide bonds. The molecule has 0 unspecified atom stereocenters. The topological polar surface area (TPSA) is 81.4 Å². The molecule has 0 aliphatic heterocycles. The zero-order valence-corrected chi connectivity index (χ0v) is 13.0. The molecular weight excluding hydrogens is 288 g/mol. The lowest BCUT2D eigenvalue weighted by atomic mass is 10.2. The fraction of sp³-hybridized carbons (Fsp3) is 0.500. The Labute approximate surface area is 121 Å². The van der Waals surface area contributed by atoms with Crippen molar-refractivity contribution in [3.63, 3.8) is 0 Å². The van der Waals surface area contributed by atoms with Crippen LogP contribution in [0.1, 0.15) is 19.4 Å². The number of rotatable bonds is 6. The lowest BCUT2D eigenvalue weighted by Crippen LogP contribution is -2.29. The maximum Gasteiger partial charge on any atom is 0.240 e. The second-order valence-corrected chi connectivity index (χ2v) is 6.05. The van der Waals surface area contributed by atoms with Gasteiger partial charge in [-0.2, -0.15) is 0 Å². The van der Waals surface area contributed by atoms with Crippen LogP contribution in [0.3, 0.4) is 0 Å². The lowest BCUT2D eigenvalue weighted by Gasteiger charge is -2.13. The standard InChI is InChI=1S/C12H20N2O3S.ClH/c1-9(2)17-12-5-4-11(8-10(12)3)18(15,16)14-7-6-13;/h4-5,8-9,14H,6-7,13H2,1-3H3;1H. The van der Waals surface area contributed by atoms with Gasteiger partial charge in [0.2, 0.25) is 10.0 Å². The molecule has 0 aliphatic rings.